The lowest BCUT2D eigenvalue weighted by atomic mass is 9.82. The molecule has 1 fully saturated rings. The van der Waals surface area contributed by atoms with E-state index in [0.29, 0.717) is 12.5 Å². The molecule has 0 saturated heterocycles. The summed E-state index contributed by atoms with van der Waals surface area (Å²) in [6.07, 6.45) is 8.15. The van der Waals surface area contributed by atoms with Crippen LogP contribution >= 0.6 is 0 Å². The molecule has 0 radical (unpaired) electrons. The van der Waals surface area contributed by atoms with Gasteiger partial charge < -0.3 is 11.1 Å². The third kappa shape index (κ3) is 3.13. The van der Waals surface area contributed by atoms with Crippen LogP contribution in [-0.4, -0.2) is 18.5 Å². The van der Waals surface area contributed by atoms with Gasteiger partial charge in [-0.15, -0.1) is 0 Å². The SMILES string of the molecule is NCC(NC(=O)C1CCCc2ccccc21)C1CCCC1. The van der Waals surface area contributed by atoms with Crippen molar-refractivity contribution in [1.82, 2.24) is 5.32 Å². The molecule has 0 spiro atoms. The molecule has 3 rings (SSSR count). The van der Waals surface area contributed by atoms with E-state index in [-0.39, 0.29) is 17.9 Å². The molecule has 2 atom stereocenters. The fraction of sp³-hybridized carbons (Fsp3) is 0.611. The predicted octanol–water partition coefficient (Wildman–Crippen LogP) is 2.74. The number of carbonyl (C=O) groups is 1. The Morgan fingerprint density at radius 1 is 1.19 bits per heavy atom. The zero-order valence-electron chi connectivity index (χ0n) is 12.7. The number of nitrogens with one attached hydrogen (secondary N) is 1. The molecule has 1 saturated carbocycles. The van der Waals surface area contributed by atoms with Crippen LogP contribution < -0.4 is 11.1 Å². The van der Waals surface area contributed by atoms with Crippen molar-refractivity contribution in [3.8, 4) is 0 Å². The summed E-state index contributed by atoms with van der Waals surface area (Å²) in [5.74, 6) is 0.785. The van der Waals surface area contributed by atoms with E-state index in [0.717, 1.165) is 19.3 Å². The van der Waals surface area contributed by atoms with E-state index >= 15 is 0 Å². The van der Waals surface area contributed by atoms with Crippen LogP contribution in [0.15, 0.2) is 24.3 Å². The van der Waals surface area contributed by atoms with Crippen molar-refractivity contribution in [2.24, 2.45) is 11.7 Å². The maximum Gasteiger partial charge on any atom is 0.227 e. The van der Waals surface area contributed by atoms with Gasteiger partial charge in [-0.2, -0.15) is 0 Å². The fourth-order valence-electron chi connectivity index (χ4n) is 4.04. The molecule has 1 aromatic carbocycles. The third-order valence-corrected chi connectivity index (χ3v) is 5.24. The van der Waals surface area contributed by atoms with Crippen LogP contribution in [-0.2, 0) is 11.2 Å². The van der Waals surface area contributed by atoms with Gasteiger partial charge >= 0.3 is 0 Å². The zero-order valence-corrected chi connectivity index (χ0v) is 12.7. The number of hydrogen-bond acceptors (Lipinski definition) is 2. The molecule has 0 bridgehead atoms. The summed E-state index contributed by atoms with van der Waals surface area (Å²) in [6, 6.07) is 8.55. The molecule has 1 aromatic rings. The van der Waals surface area contributed by atoms with E-state index in [1.807, 2.05) is 6.07 Å². The van der Waals surface area contributed by atoms with Crippen LogP contribution in [0.3, 0.4) is 0 Å². The van der Waals surface area contributed by atoms with E-state index < -0.39 is 0 Å². The Hall–Kier alpha value is -1.35. The van der Waals surface area contributed by atoms with Gasteiger partial charge in [-0.1, -0.05) is 37.1 Å². The third-order valence-electron chi connectivity index (χ3n) is 5.24. The smallest absolute Gasteiger partial charge is 0.227 e. The summed E-state index contributed by atoms with van der Waals surface area (Å²) < 4.78 is 0. The topological polar surface area (TPSA) is 55.1 Å². The number of aryl methyl sites for hydroxylation is 1. The molecule has 21 heavy (non-hydrogen) atoms. The van der Waals surface area contributed by atoms with Gasteiger partial charge in [-0.3, -0.25) is 4.79 Å². The molecular weight excluding hydrogens is 260 g/mol. The van der Waals surface area contributed by atoms with Crippen molar-refractivity contribution in [1.29, 1.82) is 0 Å². The van der Waals surface area contributed by atoms with Crippen molar-refractivity contribution in [2.75, 3.05) is 6.54 Å². The molecule has 114 valence electrons. The van der Waals surface area contributed by atoms with Gasteiger partial charge in [0.1, 0.15) is 0 Å². The molecule has 2 unspecified atom stereocenters. The number of benzene rings is 1. The maximum atomic E-state index is 12.7. The minimum Gasteiger partial charge on any atom is -0.351 e. The highest BCUT2D eigenvalue weighted by Crippen LogP contribution is 2.32. The molecule has 0 aromatic heterocycles. The van der Waals surface area contributed by atoms with Crippen molar-refractivity contribution in [3.63, 3.8) is 0 Å². The average molecular weight is 286 g/mol. The van der Waals surface area contributed by atoms with Crippen molar-refractivity contribution < 1.29 is 4.79 Å². The van der Waals surface area contributed by atoms with Gasteiger partial charge in [-0.05, 0) is 49.1 Å². The Morgan fingerprint density at radius 2 is 1.95 bits per heavy atom. The normalized spacial score (nSPS) is 23.6. The maximum absolute atomic E-state index is 12.7. The van der Waals surface area contributed by atoms with Gasteiger partial charge in [0, 0.05) is 12.6 Å². The molecule has 2 aliphatic carbocycles. The Kier molecular flexibility index (Phi) is 4.59. The molecule has 1 amide bonds. The van der Waals surface area contributed by atoms with Gasteiger partial charge in [-0.25, -0.2) is 0 Å². The Bertz CT molecular complexity index is 494. The largest absolute Gasteiger partial charge is 0.351 e. The first-order valence-electron chi connectivity index (χ1n) is 8.38. The fourth-order valence-corrected chi connectivity index (χ4v) is 4.04. The van der Waals surface area contributed by atoms with E-state index in [1.165, 1.54) is 36.8 Å². The monoisotopic (exact) mass is 286 g/mol. The van der Waals surface area contributed by atoms with E-state index in [4.69, 9.17) is 5.73 Å². The summed E-state index contributed by atoms with van der Waals surface area (Å²) in [5, 5.41) is 3.26. The minimum atomic E-state index is 0.0189. The quantitative estimate of drug-likeness (QED) is 0.894. The molecule has 2 aliphatic rings. The lowest BCUT2D eigenvalue weighted by Crippen LogP contribution is -2.46. The van der Waals surface area contributed by atoms with Crippen LogP contribution in [0.2, 0.25) is 0 Å². The summed E-state index contributed by atoms with van der Waals surface area (Å²) in [6.45, 7) is 0.560. The number of nitrogens with two attached hydrogens (primary N) is 1. The summed E-state index contributed by atoms with van der Waals surface area (Å²) in [5.41, 5.74) is 8.48. The van der Waals surface area contributed by atoms with Crippen molar-refractivity contribution in [3.05, 3.63) is 35.4 Å². The molecule has 0 heterocycles. The van der Waals surface area contributed by atoms with E-state index in [1.54, 1.807) is 0 Å². The highest BCUT2D eigenvalue weighted by Gasteiger charge is 2.30. The summed E-state index contributed by atoms with van der Waals surface area (Å²) in [7, 11) is 0. The first-order valence-corrected chi connectivity index (χ1v) is 8.38. The highest BCUT2D eigenvalue weighted by molar-refractivity contribution is 5.84. The lowest BCUT2D eigenvalue weighted by molar-refractivity contribution is -0.123. The Balaban J connectivity index is 1.70. The summed E-state index contributed by atoms with van der Waals surface area (Å²) >= 11 is 0. The number of hydrogen-bond donors (Lipinski definition) is 2. The van der Waals surface area contributed by atoms with E-state index in [9.17, 15) is 4.79 Å². The van der Waals surface area contributed by atoms with Crippen molar-refractivity contribution in [2.45, 2.75) is 56.9 Å². The first kappa shape index (κ1) is 14.6. The number of fused-ring (bicyclic) bond motifs is 1. The zero-order chi connectivity index (χ0) is 14.7. The second-order valence-electron chi connectivity index (χ2n) is 6.54. The van der Waals surface area contributed by atoms with Crippen LogP contribution in [0, 0.1) is 5.92 Å². The van der Waals surface area contributed by atoms with Crippen molar-refractivity contribution >= 4 is 5.91 Å². The Labute approximate surface area is 127 Å². The first-order chi connectivity index (χ1) is 10.3. The number of amides is 1. The summed E-state index contributed by atoms with van der Waals surface area (Å²) in [4.78, 5) is 12.7. The van der Waals surface area contributed by atoms with Gasteiger partial charge in [0.2, 0.25) is 5.91 Å². The van der Waals surface area contributed by atoms with E-state index in [2.05, 4.69) is 23.5 Å². The van der Waals surface area contributed by atoms with Crippen LogP contribution in [0.25, 0.3) is 0 Å². The number of rotatable bonds is 4. The number of carbonyl (C=O) groups excluding carboxylic acids is 1. The molecule has 0 aliphatic heterocycles. The Morgan fingerprint density at radius 3 is 2.71 bits per heavy atom. The molecule has 3 nitrogen and oxygen atoms in total. The predicted molar refractivity (Wildman–Crippen MR) is 85.1 cm³/mol. The average Bonchev–Trinajstić information content (AvgIpc) is 3.06. The van der Waals surface area contributed by atoms with Crippen LogP contribution in [0.4, 0.5) is 0 Å². The van der Waals surface area contributed by atoms with Gasteiger partial charge in [0.25, 0.3) is 0 Å². The van der Waals surface area contributed by atoms with Gasteiger partial charge in [0.05, 0.1) is 5.92 Å². The highest BCUT2D eigenvalue weighted by atomic mass is 16.1. The standard InChI is InChI=1S/C18H26N2O/c19-12-17(14-7-1-2-8-14)20-18(21)16-11-5-9-13-6-3-4-10-15(13)16/h3-4,6,10,14,16-17H,1-2,5,7-9,11-12,19H2,(H,20,21). The van der Waals surface area contributed by atoms with Crippen LogP contribution in [0.1, 0.15) is 55.6 Å². The lowest BCUT2D eigenvalue weighted by Gasteiger charge is -2.29. The molecular formula is C18H26N2O. The second-order valence-corrected chi connectivity index (χ2v) is 6.54. The van der Waals surface area contributed by atoms with Crippen LogP contribution in [0.5, 0.6) is 0 Å². The molecule has 3 heteroatoms. The minimum absolute atomic E-state index is 0.0189. The molecule has 3 N–H and O–H groups in total. The van der Waals surface area contributed by atoms with Gasteiger partial charge in [0.15, 0.2) is 0 Å². The second kappa shape index (κ2) is 6.61.